The van der Waals surface area contributed by atoms with E-state index >= 15 is 0 Å². The van der Waals surface area contributed by atoms with E-state index < -0.39 is 0 Å². The Morgan fingerprint density at radius 3 is 2.85 bits per heavy atom. The predicted octanol–water partition coefficient (Wildman–Crippen LogP) is 2.26. The molecule has 0 aliphatic heterocycles. The van der Waals surface area contributed by atoms with Gasteiger partial charge in [0.1, 0.15) is 0 Å². The Kier molecular flexibility index (Phi) is 3.90. The van der Waals surface area contributed by atoms with Gasteiger partial charge in [-0.15, -0.1) is 0 Å². The molecule has 0 amide bonds. The molecule has 0 spiro atoms. The number of rotatable bonds is 5. The number of hydrogen-bond acceptors (Lipinski definition) is 3. The van der Waals surface area contributed by atoms with Crippen LogP contribution in [0, 0.1) is 0 Å². The average Bonchev–Trinajstić information content (AvgIpc) is 2.57. The molecule has 0 aliphatic carbocycles. The minimum atomic E-state index is -0.0734. The molecule has 74 valence electrons. The van der Waals surface area contributed by atoms with Crippen LogP contribution in [0.3, 0.4) is 0 Å². The van der Waals surface area contributed by atoms with Crippen LogP contribution in [0.2, 0.25) is 0 Å². The highest BCUT2D eigenvalue weighted by atomic mass is 32.1. The maximum Gasteiger partial charge on any atom is 0.0746 e. The molecule has 1 rings (SSSR count). The minimum Gasteiger partial charge on any atom is -0.377 e. The lowest BCUT2D eigenvalue weighted by atomic mass is 10.1. The second kappa shape index (κ2) is 4.74. The summed E-state index contributed by atoms with van der Waals surface area (Å²) in [5.41, 5.74) is 1.27. The summed E-state index contributed by atoms with van der Waals surface area (Å²) in [6.07, 6.45) is 0. The lowest BCUT2D eigenvalue weighted by Gasteiger charge is -2.23. The van der Waals surface area contributed by atoms with Crippen molar-refractivity contribution in [3.8, 4) is 0 Å². The van der Waals surface area contributed by atoms with Gasteiger partial charge in [-0.1, -0.05) is 0 Å². The Morgan fingerprint density at radius 1 is 1.54 bits per heavy atom. The van der Waals surface area contributed by atoms with Gasteiger partial charge in [0.05, 0.1) is 5.60 Å². The van der Waals surface area contributed by atoms with Crippen molar-refractivity contribution in [1.82, 2.24) is 5.32 Å². The SMILES string of the molecule is COC(C)(C)CNCc1ccsc1. The molecule has 0 atom stereocenters. The van der Waals surface area contributed by atoms with Crippen molar-refractivity contribution in [3.05, 3.63) is 22.4 Å². The van der Waals surface area contributed by atoms with E-state index in [9.17, 15) is 0 Å². The molecule has 13 heavy (non-hydrogen) atoms. The lowest BCUT2D eigenvalue weighted by molar-refractivity contribution is 0.0231. The summed E-state index contributed by atoms with van der Waals surface area (Å²) in [6.45, 7) is 5.96. The fourth-order valence-corrected chi connectivity index (χ4v) is 1.64. The summed E-state index contributed by atoms with van der Waals surface area (Å²) in [5, 5.41) is 7.62. The summed E-state index contributed by atoms with van der Waals surface area (Å²) < 4.78 is 5.30. The normalized spacial score (nSPS) is 11.9. The second-order valence-electron chi connectivity index (χ2n) is 3.70. The van der Waals surface area contributed by atoms with Gasteiger partial charge in [-0.25, -0.2) is 0 Å². The monoisotopic (exact) mass is 199 g/mol. The average molecular weight is 199 g/mol. The summed E-state index contributed by atoms with van der Waals surface area (Å²) in [6, 6.07) is 2.14. The molecule has 0 fully saturated rings. The molecule has 1 aromatic rings. The Hall–Kier alpha value is -0.380. The van der Waals surface area contributed by atoms with E-state index in [1.54, 1.807) is 18.4 Å². The highest BCUT2D eigenvalue weighted by Crippen LogP contribution is 2.07. The lowest BCUT2D eigenvalue weighted by Crippen LogP contribution is -2.36. The van der Waals surface area contributed by atoms with Gasteiger partial charge in [-0.05, 0) is 36.2 Å². The van der Waals surface area contributed by atoms with E-state index in [1.165, 1.54) is 5.56 Å². The molecule has 1 heterocycles. The maximum absolute atomic E-state index is 5.30. The van der Waals surface area contributed by atoms with Crippen LogP contribution in [0.25, 0.3) is 0 Å². The molecule has 2 nitrogen and oxygen atoms in total. The second-order valence-corrected chi connectivity index (χ2v) is 4.48. The Balaban J connectivity index is 2.21. The van der Waals surface area contributed by atoms with Gasteiger partial charge in [0.15, 0.2) is 0 Å². The van der Waals surface area contributed by atoms with Gasteiger partial charge < -0.3 is 10.1 Å². The fourth-order valence-electron chi connectivity index (χ4n) is 0.973. The maximum atomic E-state index is 5.30. The van der Waals surface area contributed by atoms with E-state index in [2.05, 4.69) is 36.0 Å². The Labute approximate surface area is 83.9 Å². The van der Waals surface area contributed by atoms with Gasteiger partial charge in [0.25, 0.3) is 0 Å². The van der Waals surface area contributed by atoms with Crippen LogP contribution in [0.4, 0.5) is 0 Å². The Bertz CT molecular complexity index is 231. The van der Waals surface area contributed by atoms with Crippen LogP contribution >= 0.6 is 11.3 Å². The van der Waals surface area contributed by atoms with Gasteiger partial charge in [-0.3, -0.25) is 0 Å². The quantitative estimate of drug-likeness (QED) is 0.785. The van der Waals surface area contributed by atoms with Gasteiger partial charge in [0.2, 0.25) is 0 Å². The summed E-state index contributed by atoms with van der Waals surface area (Å²) >= 11 is 1.73. The molecule has 0 bridgehead atoms. The van der Waals surface area contributed by atoms with Crippen LogP contribution in [-0.2, 0) is 11.3 Å². The fraction of sp³-hybridized carbons (Fsp3) is 0.600. The van der Waals surface area contributed by atoms with Crippen molar-refractivity contribution in [2.75, 3.05) is 13.7 Å². The van der Waals surface area contributed by atoms with E-state index in [4.69, 9.17) is 4.74 Å². The molecule has 0 aliphatic rings. The number of hydrogen-bond donors (Lipinski definition) is 1. The number of ether oxygens (including phenoxy) is 1. The smallest absolute Gasteiger partial charge is 0.0746 e. The molecule has 0 unspecified atom stereocenters. The molecule has 0 radical (unpaired) electrons. The van der Waals surface area contributed by atoms with Crippen molar-refractivity contribution in [2.45, 2.75) is 26.0 Å². The van der Waals surface area contributed by atoms with Crippen LogP contribution in [-0.4, -0.2) is 19.3 Å². The third-order valence-electron chi connectivity index (χ3n) is 2.01. The van der Waals surface area contributed by atoms with Crippen LogP contribution in [0.15, 0.2) is 16.8 Å². The van der Waals surface area contributed by atoms with Crippen LogP contribution < -0.4 is 5.32 Å². The van der Waals surface area contributed by atoms with Crippen molar-refractivity contribution < 1.29 is 4.74 Å². The number of methoxy groups -OCH3 is 1. The zero-order valence-electron chi connectivity index (χ0n) is 8.46. The predicted molar refractivity (Wildman–Crippen MR) is 57.1 cm³/mol. The first-order valence-electron chi connectivity index (χ1n) is 4.41. The first kappa shape index (κ1) is 10.7. The number of nitrogens with one attached hydrogen (secondary N) is 1. The molecule has 0 saturated carbocycles. The first-order chi connectivity index (χ1) is 6.14. The molecular weight excluding hydrogens is 182 g/mol. The highest BCUT2D eigenvalue weighted by Gasteiger charge is 2.14. The summed E-state index contributed by atoms with van der Waals surface area (Å²) in [7, 11) is 1.74. The Morgan fingerprint density at radius 2 is 2.31 bits per heavy atom. The number of thiophene rings is 1. The molecule has 0 saturated heterocycles. The van der Waals surface area contributed by atoms with E-state index in [1.807, 2.05) is 0 Å². The van der Waals surface area contributed by atoms with Gasteiger partial charge in [0, 0.05) is 20.2 Å². The zero-order chi connectivity index (χ0) is 9.73. The topological polar surface area (TPSA) is 21.3 Å². The molecule has 0 aromatic carbocycles. The van der Waals surface area contributed by atoms with Crippen LogP contribution in [0.5, 0.6) is 0 Å². The third kappa shape index (κ3) is 3.89. The zero-order valence-corrected chi connectivity index (χ0v) is 9.28. The van der Waals surface area contributed by atoms with Gasteiger partial charge in [-0.2, -0.15) is 11.3 Å². The molecule has 1 aromatic heterocycles. The van der Waals surface area contributed by atoms with Crippen molar-refractivity contribution in [2.24, 2.45) is 0 Å². The summed E-state index contributed by atoms with van der Waals surface area (Å²) in [4.78, 5) is 0. The van der Waals surface area contributed by atoms with E-state index in [0.717, 1.165) is 13.1 Å². The molecule has 1 N–H and O–H groups in total. The third-order valence-corrected chi connectivity index (χ3v) is 2.74. The largest absolute Gasteiger partial charge is 0.377 e. The molecule has 3 heteroatoms. The van der Waals surface area contributed by atoms with Crippen molar-refractivity contribution >= 4 is 11.3 Å². The van der Waals surface area contributed by atoms with E-state index in [-0.39, 0.29) is 5.60 Å². The first-order valence-corrected chi connectivity index (χ1v) is 5.35. The highest BCUT2D eigenvalue weighted by molar-refractivity contribution is 7.07. The molecular formula is C10H17NOS. The van der Waals surface area contributed by atoms with Gasteiger partial charge >= 0.3 is 0 Å². The minimum absolute atomic E-state index is 0.0734. The van der Waals surface area contributed by atoms with E-state index in [0.29, 0.717) is 0 Å². The van der Waals surface area contributed by atoms with Crippen molar-refractivity contribution in [3.63, 3.8) is 0 Å². The summed E-state index contributed by atoms with van der Waals surface area (Å²) in [5.74, 6) is 0. The van der Waals surface area contributed by atoms with Crippen LogP contribution in [0.1, 0.15) is 19.4 Å². The van der Waals surface area contributed by atoms with Crippen molar-refractivity contribution in [1.29, 1.82) is 0 Å². The standard InChI is InChI=1S/C10H17NOS/c1-10(2,12-3)8-11-6-9-4-5-13-7-9/h4-5,7,11H,6,8H2,1-3H3.